The summed E-state index contributed by atoms with van der Waals surface area (Å²) in [6.07, 6.45) is 0.0470. The highest BCUT2D eigenvalue weighted by atomic mass is 16.8. The van der Waals surface area contributed by atoms with Gasteiger partial charge in [-0.1, -0.05) is 13.8 Å². The minimum Gasteiger partial charge on any atom is -0.463 e. The molecule has 10 heteroatoms. The molecule has 0 aliphatic carbocycles. The van der Waals surface area contributed by atoms with Crippen LogP contribution in [0.4, 0.5) is 4.79 Å². The molecule has 0 aromatic carbocycles. The number of hydroxylamine groups is 1. The second-order valence-electron chi connectivity index (χ2n) is 7.22. The molecule has 2 fully saturated rings. The van der Waals surface area contributed by atoms with Crippen molar-refractivity contribution in [2.24, 2.45) is 5.92 Å². The molecule has 0 saturated carbocycles. The van der Waals surface area contributed by atoms with Crippen LogP contribution in [0.3, 0.4) is 0 Å². The van der Waals surface area contributed by atoms with Crippen LogP contribution in [0.1, 0.15) is 27.7 Å². The highest BCUT2D eigenvalue weighted by molar-refractivity contribution is 5.77. The fourth-order valence-electron chi connectivity index (χ4n) is 3.13. The highest BCUT2D eigenvalue weighted by Gasteiger charge is 2.57. The van der Waals surface area contributed by atoms with Crippen molar-refractivity contribution >= 4 is 12.0 Å². The van der Waals surface area contributed by atoms with Crippen molar-refractivity contribution in [2.45, 2.75) is 64.2 Å². The molecule has 3 heterocycles. The molecular formula is C16H25N3O7. The molecule has 2 saturated heterocycles. The number of esters is 1. The minimum atomic E-state index is -0.844. The molecule has 10 nitrogen and oxygen atoms in total. The van der Waals surface area contributed by atoms with E-state index in [-0.39, 0.29) is 18.5 Å². The van der Waals surface area contributed by atoms with E-state index in [2.05, 4.69) is 5.32 Å². The lowest BCUT2D eigenvalue weighted by Gasteiger charge is -2.33. The summed E-state index contributed by atoms with van der Waals surface area (Å²) in [7, 11) is 0. The average molecular weight is 371 g/mol. The van der Waals surface area contributed by atoms with E-state index < -0.39 is 42.5 Å². The normalized spacial score (nSPS) is 35.5. The Morgan fingerprint density at radius 2 is 2.12 bits per heavy atom. The summed E-state index contributed by atoms with van der Waals surface area (Å²) in [5.41, 5.74) is 1.96. The maximum atomic E-state index is 12.3. The predicted octanol–water partition coefficient (Wildman–Crippen LogP) is 0.274. The molecule has 3 rings (SSSR count). The molecule has 2 amide bonds. The van der Waals surface area contributed by atoms with Gasteiger partial charge in [0.2, 0.25) is 0 Å². The number of amides is 2. The van der Waals surface area contributed by atoms with Gasteiger partial charge in [0.25, 0.3) is 0 Å². The number of nitrogens with one attached hydrogen (secondary N) is 2. The Morgan fingerprint density at radius 1 is 1.42 bits per heavy atom. The predicted molar refractivity (Wildman–Crippen MR) is 86.5 cm³/mol. The van der Waals surface area contributed by atoms with Crippen molar-refractivity contribution in [1.29, 1.82) is 0 Å². The van der Waals surface area contributed by atoms with E-state index in [0.29, 0.717) is 0 Å². The number of rotatable bonds is 5. The Balaban J connectivity index is 1.74. The van der Waals surface area contributed by atoms with Gasteiger partial charge in [0, 0.05) is 6.20 Å². The molecule has 0 radical (unpaired) electrons. The van der Waals surface area contributed by atoms with Crippen molar-refractivity contribution in [2.75, 3.05) is 6.61 Å². The molecule has 0 aromatic rings. The molecule has 3 N–H and O–H groups in total. The second kappa shape index (κ2) is 7.12. The Kier molecular flexibility index (Phi) is 5.22. The second-order valence-corrected chi connectivity index (χ2v) is 7.22. The van der Waals surface area contributed by atoms with E-state index >= 15 is 0 Å². The van der Waals surface area contributed by atoms with E-state index in [1.807, 2.05) is 5.48 Å². The fourth-order valence-corrected chi connectivity index (χ4v) is 3.13. The van der Waals surface area contributed by atoms with Gasteiger partial charge in [0.05, 0.1) is 5.92 Å². The number of carbonyl (C=O) groups is 2. The van der Waals surface area contributed by atoms with Gasteiger partial charge in [-0.2, -0.15) is 5.48 Å². The zero-order valence-corrected chi connectivity index (χ0v) is 15.2. The van der Waals surface area contributed by atoms with Crippen LogP contribution in [0.25, 0.3) is 0 Å². The Labute approximate surface area is 151 Å². The van der Waals surface area contributed by atoms with Gasteiger partial charge in [0.15, 0.2) is 12.0 Å². The highest BCUT2D eigenvalue weighted by Crippen LogP contribution is 2.40. The van der Waals surface area contributed by atoms with Gasteiger partial charge < -0.3 is 29.5 Å². The van der Waals surface area contributed by atoms with E-state index in [4.69, 9.17) is 24.2 Å². The van der Waals surface area contributed by atoms with Crippen molar-refractivity contribution in [3.63, 3.8) is 0 Å². The Morgan fingerprint density at radius 3 is 2.73 bits per heavy atom. The number of urea groups is 1. The lowest BCUT2D eigenvalue weighted by Crippen LogP contribution is -2.56. The van der Waals surface area contributed by atoms with Crippen LogP contribution in [0.2, 0.25) is 0 Å². The zero-order valence-electron chi connectivity index (χ0n) is 15.2. The lowest BCUT2D eigenvalue weighted by molar-refractivity contribution is -0.204. The first-order valence-corrected chi connectivity index (χ1v) is 8.56. The first-order chi connectivity index (χ1) is 12.2. The van der Waals surface area contributed by atoms with Crippen LogP contribution in [0.15, 0.2) is 12.3 Å². The summed E-state index contributed by atoms with van der Waals surface area (Å²) in [5.74, 6) is -1.43. The van der Waals surface area contributed by atoms with E-state index in [1.54, 1.807) is 33.8 Å². The minimum absolute atomic E-state index is 0.00805. The van der Waals surface area contributed by atoms with E-state index in [0.717, 1.165) is 0 Å². The average Bonchev–Trinajstić information content (AvgIpc) is 3.05. The van der Waals surface area contributed by atoms with Crippen molar-refractivity contribution in [3.8, 4) is 0 Å². The van der Waals surface area contributed by atoms with Gasteiger partial charge in [-0.05, 0) is 19.9 Å². The summed E-state index contributed by atoms with van der Waals surface area (Å²) in [5, 5.41) is 11.5. The summed E-state index contributed by atoms with van der Waals surface area (Å²) in [6, 6.07) is -0.462. The molecule has 0 aromatic heterocycles. The monoisotopic (exact) mass is 371 g/mol. The van der Waals surface area contributed by atoms with Crippen molar-refractivity contribution in [3.05, 3.63) is 12.3 Å². The lowest BCUT2D eigenvalue weighted by atomic mass is 10.1. The van der Waals surface area contributed by atoms with E-state index in [9.17, 15) is 9.59 Å². The van der Waals surface area contributed by atoms with Crippen LogP contribution in [0.5, 0.6) is 0 Å². The molecule has 5 atom stereocenters. The van der Waals surface area contributed by atoms with Crippen molar-refractivity contribution in [1.82, 2.24) is 15.7 Å². The Bertz CT molecular complexity index is 594. The van der Waals surface area contributed by atoms with Gasteiger partial charge in [-0.25, -0.2) is 4.79 Å². The summed E-state index contributed by atoms with van der Waals surface area (Å²) in [4.78, 5) is 25.4. The largest absolute Gasteiger partial charge is 0.463 e. The van der Waals surface area contributed by atoms with Crippen LogP contribution in [0, 0.1) is 5.92 Å². The number of hydrogen-bond donors (Lipinski definition) is 3. The van der Waals surface area contributed by atoms with Crippen LogP contribution >= 0.6 is 0 Å². The molecule has 146 valence electrons. The van der Waals surface area contributed by atoms with E-state index in [1.165, 1.54) is 11.1 Å². The standard InChI is InChI=1S/C16H25N3O7/c1-8(2)14(20)23-7-9-11-12(26-16(3,4)25-11)13(24-9)19-6-5-10(18-22)17-15(19)21/h5-6,8-13,18,22H,7H2,1-4H3,(H,17,21)/t9-,10?,11-,12-,13-/m1/s1. The SMILES string of the molecule is CC(C)C(=O)OC[C@H]1O[C@@H](N2C=CC(NO)NC2=O)[C@@H]2OC(C)(C)O[C@@H]21. The number of ether oxygens (including phenoxy) is 4. The zero-order chi connectivity index (χ0) is 19.1. The van der Waals surface area contributed by atoms with Gasteiger partial charge >= 0.3 is 12.0 Å². The fraction of sp³-hybridized carbons (Fsp3) is 0.750. The maximum Gasteiger partial charge on any atom is 0.325 e. The quantitative estimate of drug-likeness (QED) is 0.466. The summed E-state index contributed by atoms with van der Waals surface area (Å²) < 4.78 is 23.0. The topological polar surface area (TPSA) is 119 Å². The number of carbonyl (C=O) groups excluding carboxylic acids is 2. The molecule has 26 heavy (non-hydrogen) atoms. The molecule has 0 spiro atoms. The van der Waals surface area contributed by atoms with Crippen molar-refractivity contribution < 1.29 is 33.7 Å². The molecular weight excluding hydrogens is 346 g/mol. The summed E-state index contributed by atoms with van der Waals surface area (Å²) in [6.45, 7) is 7.05. The number of hydrogen-bond acceptors (Lipinski definition) is 8. The van der Waals surface area contributed by atoms with Gasteiger partial charge in [-0.15, -0.1) is 0 Å². The third-order valence-corrected chi connectivity index (χ3v) is 4.35. The smallest absolute Gasteiger partial charge is 0.325 e. The Hall–Kier alpha value is -1.72. The van der Waals surface area contributed by atoms with Crippen LogP contribution in [-0.2, 0) is 23.7 Å². The number of fused-ring (bicyclic) bond motifs is 1. The van der Waals surface area contributed by atoms with Crippen LogP contribution < -0.4 is 10.8 Å². The van der Waals surface area contributed by atoms with Crippen LogP contribution in [-0.4, -0.2) is 65.2 Å². The molecule has 3 aliphatic rings. The number of nitrogens with zero attached hydrogens (tertiary/aromatic N) is 1. The third-order valence-electron chi connectivity index (χ3n) is 4.35. The molecule has 0 bridgehead atoms. The molecule has 1 unspecified atom stereocenters. The first kappa shape index (κ1) is 19.1. The summed E-state index contributed by atoms with van der Waals surface area (Å²) >= 11 is 0. The first-order valence-electron chi connectivity index (χ1n) is 8.56. The van der Waals surface area contributed by atoms with Gasteiger partial charge in [-0.3, -0.25) is 9.69 Å². The molecule has 3 aliphatic heterocycles. The third kappa shape index (κ3) is 3.69. The van der Waals surface area contributed by atoms with Gasteiger partial charge in [0.1, 0.15) is 31.1 Å². The maximum absolute atomic E-state index is 12.3.